The lowest BCUT2D eigenvalue weighted by atomic mass is 9.95. The van der Waals surface area contributed by atoms with Gasteiger partial charge in [0.05, 0.1) is 6.20 Å². The summed E-state index contributed by atoms with van der Waals surface area (Å²) in [5, 5.41) is 13.4. The van der Waals surface area contributed by atoms with Crippen molar-refractivity contribution in [2.45, 2.75) is 45.4 Å². The van der Waals surface area contributed by atoms with Crippen molar-refractivity contribution >= 4 is 11.6 Å². The average molecular weight is 377 g/mol. The summed E-state index contributed by atoms with van der Waals surface area (Å²) in [5.41, 5.74) is 3.86. The Labute approximate surface area is 163 Å². The Kier molecular flexibility index (Phi) is 4.82. The lowest BCUT2D eigenvalue weighted by Gasteiger charge is -2.31. The van der Waals surface area contributed by atoms with E-state index >= 15 is 0 Å². The number of aryl methyl sites for hydroxylation is 2. The molecule has 3 aromatic heterocycles. The largest absolute Gasteiger partial charge is 0.348 e. The van der Waals surface area contributed by atoms with Crippen LogP contribution in [0.15, 0.2) is 18.6 Å². The molecular formula is C20H23N7O. The highest BCUT2D eigenvalue weighted by Gasteiger charge is 2.25. The van der Waals surface area contributed by atoms with Crippen molar-refractivity contribution in [2.24, 2.45) is 0 Å². The molecule has 0 bridgehead atoms. The maximum atomic E-state index is 12.7. The van der Waals surface area contributed by atoms with E-state index < -0.39 is 0 Å². The molecule has 1 N–H and O–H groups in total. The molecule has 0 saturated carbocycles. The molecular weight excluding hydrogens is 354 g/mol. The summed E-state index contributed by atoms with van der Waals surface area (Å²) in [4.78, 5) is 26.7. The van der Waals surface area contributed by atoms with Gasteiger partial charge in [0.25, 0.3) is 0 Å². The molecule has 8 nitrogen and oxygen atoms in total. The molecule has 1 amide bonds. The third kappa shape index (κ3) is 3.24. The van der Waals surface area contributed by atoms with Gasteiger partial charge in [-0.3, -0.25) is 4.79 Å². The second-order valence-corrected chi connectivity index (χ2v) is 7.30. The molecule has 0 aromatic carbocycles. The molecule has 1 aliphatic rings. The molecule has 1 fully saturated rings. The number of aromatic nitrogens is 5. The van der Waals surface area contributed by atoms with Gasteiger partial charge in [-0.2, -0.15) is 10.4 Å². The van der Waals surface area contributed by atoms with Crippen molar-refractivity contribution in [3.8, 4) is 6.07 Å². The Morgan fingerprint density at radius 3 is 2.82 bits per heavy atom. The Morgan fingerprint density at radius 2 is 2.14 bits per heavy atom. The molecule has 28 heavy (non-hydrogen) atoms. The zero-order valence-corrected chi connectivity index (χ0v) is 16.1. The van der Waals surface area contributed by atoms with Gasteiger partial charge in [0.2, 0.25) is 5.91 Å². The van der Waals surface area contributed by atoms with E-state index in [0.29, 0.717) is 30.0 Å². The highest BCUT2D eigenvalue weighted by atomic mass is 16.2. The van der Waals surface area contributed by atoms with E-state index in [-0.39, 0.29) is 5.91 Å². The highest BCUT2D eigenvalue weighted by Crippen LogP contribution is 2.26. The van der Waals surface area contributed by atoms with Gasteiger partial charge in [-0.05, 0) is 38.7 Å². The van der Waals surface area contributed by atoms with Crippen LogP contribution in [0.4, 0.5) is 0 Å². The number of carbonyl (C=O) groups is 1. The van der Waals surface area contributed by atoms with Crippen molar-refractivity contribution in [3.05, 3.63) is 46.9 Å². The number of piperidine rings is 1. The van der Waals surface area contributed by atoms with E-state index in [0.717, 1.165) is 48.7 Å². The van der Waals surface area contributed by atoms with Crippen LogP contribution in [0.5, 0.6) is 0 Å². The third-order valence-corrected chi connectivity index (χ3v) is 5.67. The first-order valence-corrected chi connectivity index (χ1v) is 9.59. The maximum absolute atomic E-state index is 12.7. The van der Waals surface area contributed by atoms with Crippen LogP contribution in [-0.2, 0) is 11.2 Å². The fourth-order valence-electron chi connectivity index (χ4n) is 4.04. The number of nitrogens with zero attached hydrogens (tertiary/aromatic N) is 6. The summed E-state index contributed by atoms with van der Waals surface area (Å²) in [5.74, 6) is 1.60. The minimum absolute atomic E-state index is 0.176. The van der Waals surface area contributed by atoms with Crippen LogP contribution < -0.4 is 0 Å². The van der Waals surface area contributed by atoms with E-state index in [9.17, 15) is 10.1 Å². The normalized spacial score (nSPS) is 15.1. The van der Waals surface area contributed by atoms with Crippen LogP contribution in [0.25, 0.3) is 5.65 Å². The summed E-state index contributed by atoms with van der Waals surface area (Å²) in [6.45, 7) is 5.43. The number of likely N-dealkylation sites (tertiary alicyclic amines) is 1. The highest BCUT2D eigenvalue weighted by molar-refractivity contribution is 5.76. The van der Waals surface area contributed by atoms with Crippen molar-refractivity contribution in [1.82, 2.24) is 29.5 Å². The fraction of sp³-hybridized carbons (Fsp3) is 0.450. The van der Waals surface area contributed by atoms with Gasteiger partial charge < -0.3 is 9.88 Å². The molecule has 1 saturated heterocycles. The van der Waals surface area contributed by atoms with Crippen LogP contribution in [0.2, 0.25) is 0 Å². The standard InChI is InChI=1S/C20H23N7O/c1-13-17(14(2)27-20(25-13)16(11-21)12-24-27)3-4-18(28)26-9-5-15(6-10-26)19-22-7-8-23-19/h7-8,12,15H,3-6,9-10H2,1-2H3,(H,22,23). The summed E-state index contributed by atoms with van der Waals surface area (Å²) in [7, 11) is 0. The van der Waals surface area contributed by atoms with Gasteiger partial charge in [0.1, 0.15) is 17.5 Å². The van der Waals surface area contributed by atoms with Gasteiger partial charge in [0.15, 0.2) is 5.65 Å². The monoisotopic (exact) mass is 377 g/mol. The SMILES string of the molecule is Cc1nc2c(C#N)cnn2c(C)c1CCC(=O)N1CCC(c2ncc[nH]2)CC1. The van der Waals surface area contributed by atoms with E-state index in [1.807, 2.05) is 24.9 Å². The fourth-order valence-corrected chi connectivity index (χ4v) is 4.04. The topological polar surface area (TPSA) is 103 Å². The van der Waals surface area contributed by atoms with Crippen LogP contribution in [0.3, 0.4) is 0 Å². The second-order valence-electron chi connectivity index (χ2n) is 7.30. The van der Waals surface area contributed by atoms with Crippen LogP contribution in [0, 0.1) is 25.2 Å². The Hall–Kier alpha value is -3.21. The Morgan fingerprint density at radius 1 is 1.36 bits per heavy atom. The van der Waals surface area contributed by atoms with E-state index in [2.05, 4.69) is 26.1 Å². The molecule has 0 unspecified atom stereocenters. The number of fused-ring (bicyclic) bond motifs is 1. The molecule has 0 radical (unpaired) electrons. The molecule has 3 aromatic rings. The number of amides is 1. The van der Waals surface area contributed by atoms with E-state index in [1.54, 1.807) is 10.7 Å². The van der Waals surface area contributed by atoms with Gasteiger partial charge in [-0.25, -0.2) is 14.5 Å². The minimum Gasteiger partial charge on any atom is -0.348 e. The summed E-state index contributed by atoms with van der Waals surface area (Å²) >= 11 is 0. The smallest absolute Gasteiger partial charge is 0.222 e. The first-order valence-electron chi connectivity index (χ1n) is 9.59. The summed E-state index contributed by atoms with van der Waals surface area (Å²) in [6, 6.07) is 2.12. The third-order valence-electron chi connectivity index (χ3n) is 5.67. The minimum atomic E-state index is 0.176. The lowest BCUT2D eigenvalue weighted by molar-refractivity contribution is -0.132. The molecule has 1 aliphatic heterocycles. The van der Waals surface area contributed by atoms with Crippen molar-refractivity contribution in [1.29, 1.82) is 5.26 Å². The first-order chi connectivity index (χ1) is 13.6. The zero-order chi connectivity index (χ0) is 19.7. The predicted molar refractivity (Wildman–Crippen MR) is 103 cm³/mol. The quantitative estimate of drug-likeness (QED) is 0.751. The number of nitriles is 1. The molecule has 0 aliphatic carbocycles. The van der Waals surface area contributed by atoms with Crippen molar-refractivity contribution < 1.29 is 4.79 Å². The van der Waals surface area contributed by atoms with Crippen molar-refractivity contribution in [2.75, 3.05) is 13.1 Å². The van der Waals surface area contributed by atoms with Gasteiger partial charge in [-0.1, -0.05) is 0 Å². The number of hydrogen-bond acceptors (Lipinski definition) is 5. The second kappa shape index (κ2) is 7.43. The van der Waals surface area contributed by atoms with Crippen LogP contribution >= 0.6 is 0 Å². The van der Waals surface area contributed by atoms with Gasteiger partial charge >= 0.3 is 0 Å². The number of imidazole rings is 1. The number of H-pyrrole nitrogens is 1. The first kappa shape index (κ1) is 18.2. The van der Waals surface area contributed by atoms with Gasteiger partial charge in [0, 0.05) is 49.2 Å². The number of aromatic amines is 1. The Balaban J connectivity index is 1.41. The molecule has 8 heteroatoms. The number of carbonyl (C=O) groups excluding carboxylic acids is 1. The lowest BCUT2D eigenvalue weighted by Crippen LogP contribution is -2.38. The summed E-state index contributed by atoms with van der Waals surface area (Å²) in [6.07, 6.45) is 8.12. The maximum Gasteiger partial charge on any atom is 0.222 e. The zero-order valence-electron chi connectivity index (χ0n) is 16.1. The van der Waals surface area contributed by atoms with Crippen LogP contribution in [0.1, 0.15) is 53.5 Å². The van der Waals surface area contributed by atoms with Crippen LogP contribution in [-0.4, -0.2) is 48.5 Å². The van der Waals surface area contributed by atoms with Gasteiger partial charge in [-0.15, -0.1) is 0 Å². The van der Waals surface area contributed by atoms with E-state index in [4.69, 9.17) is 0 Å². The Bertz CT molecular complexity index is 1040. The van der Waals surface area contributed by atoms with E-state index in [1.165, 1.54) is 6.20 Å². The average Bonchev–Trinajstić information content (AvgIpc) is 3.37. The molecule has 144 valence electrons. The molecule has 4 rings (SSSR count). The molecule has 0 spiro atoms. The number of nitrogens with one attached hydrogen (secondary N) is 1. The molecule has 0 atom stereocenters. The summed E-state index contributed by atoms with van der Waals surface area (Å²) < 4.78 is 1.69. The predicted octanol–water partition coefficient (Wildman–Crippen LogP) is 2.28. The number of hydrogen-bond donors (Lipinski definition) is 1. The van der Waals surface area contributed by atoms with Crippen molar-refractivity contribution in [3.63, 3.8) is 0 Å². The number of rotatable bonds is 4. The molecule has 4 heterocycles.